The first kappa shape index (κ1) is 17.8. The maximum atomic E-state index is 12.4. The zero-order valence-electron chi connectivity index (χ0n) is 15.2. The van der Waals surface area contributed by atoms with Gasteiger partial charge in [0.15, 0.2) is 0 Å². The Morgan fingerprint density at radius 2 is 2.11 bits per heavy atom. The van der Waals surface area contributed by atoms with Crippen LogP contribution in [0.25, 0.3) is 11.3 Å². The summed E-state index contributed by atoms with van der Waals surface area (Å²) in [5, 5.41) is 15.6. The molecule has 1 N–H and O–H groups in total. The van der Waals surface area contributed by atoms with Crippen molar-refractivity contribution in [2.24, 2.45) is 0 Å². The largest absolute Gasteiger partial charge is 0.350 e. The number of nitrogens with one attached hydrogen (secondary N) is 1. The zero-order chi connectivity index (χ0) is 18.8. The highest BCUT2D eigenvalue weighted by molar-refractivity contribution is 7.98. The molecule has 8 heteroatoms. The number of rotatable bonds is 6. The van der Waals surface area contributed by atoms with Crippen LogP contribution in [-0.2, 0) is 0 Å². The van der Waals surface area contributed by atoms with Crippen molar-refractivity contribution >= 4 is 17.7 Å². The minimum absolute atomic E-state index is 0.106. The molecule has 1 aliphatic carbocycles. The number of hydrogen-bond donors (Lipinski definition) is 1. The van der Waals surface area contributed by atoms with E-state index in [0.717, 1.165) is 24.1 Å². The Balaban J connectivity index is 1.35. The van der Waals surface area contributed by atoms with Gasteiger partial charge in [0.25, 0.3) is 5.91 Å². The van der Waals surface area contributed by atoms with Gasteiger partial charge in [-0.15, -0.1) is 5.10 Å². The van der Waals surface area contributed by atoms with E-state index in [9.17, 15) is 4.79 Å². The summed E-state index contributed by atoms with van der Waals surface area (Å²) >= 11 is 1.77. The van der Waals surface area contributed by atoms with Crippen molar-refractivity contribution in [1.82, 2.24) is 25.5 Å². The van der Waals surface area contributed by atoms with Crippen molar-refractivity contribution in [2.75, 3.05) is 6.26 Å². The van der Waals surface area contributed by atoms with Gasteiger partial charge in [-0.05, 0) is 26.0 Å². The SMILES string of the molecule is CSC(C)c1cnnn1C1CC(NC(=O)c2cc(-c3ccccc3)no2)C1. The quantitative estimate of drug-likeness (QED) is 0.701. The Labute approximate surface area is 161 Å². The molecule has 7 nitrogen and oxygen atoms in total. The Bertz CT molecular complexity index is 917. The van der Waals surface area contributed by atoms with Gasteiger partial charge in [-0.2, -0.15) is 11.8 Å². The normalized spacial score (nSPS) is 20.1. The van der Waals surface area contributed by atoms with Gasteiger partial charge >= 0.3 is 0 Å². The van der Waals surface area contributed by atoms with Gasteiger partial charge < -0.3 is 9.84 Å². The second-order valence-corrected chi connectivity index (χ2v) is 7.90. The van der Waals surface area contributed by atoms with Crippen LogP contribution in [-0.4, -0.2) is 38.4 Å². The van der Waals surface area contributed by atoms with E-state index in [1.807, 2.05) is 41.2 Å². The monoisotopic (exact) mass is 383 g/mol. The molecule has 0 saturated heterocycles. The number of thioether (sulfide) groups is 1. The molecule has 2 heterocycles. The Morgan fingerprint density at radius 3 is 2.85 bits per heavy atom. The standard InChI is InChI=1S/C19H21N5O2S/c1-12(27-2)17-11-20-23-24(17)15-8-14(9-15)21-19(25)18-10-16(22-26-18)13-6-4-3-5-7-13/h3-7,10-12,14-15H,8-9H2,1-2H3,(H,21,25). The number of carbonyl (C=O) groups excluding carboxylic acids is 1. The molecule has 1 atom stereocenters. The predicted molar refractivity (Wildman–Crippen MR) is 103 cm³/mol. The summed E-state index contributed by atoms with van der Waals surface area (Å²) < 4.78 is 7.21. The van der Waals surface area contributed by atoms with Crippen molar-refractivity contribution in [2.45, 2.75) is 37.1 Å². The van der Waals surface area contributed by atoms with Gasteiger partial charge in [0.05, 0.1) is 17.9 Å². The summed E-state index contributed by atoms with van der Waals surface area (Å²) in [5.74, 6) is -0.000759. The summed E-state index contributed by atoms with van der Waals surface area (Å²) in [6.07, 6.45) is 5.57. The molecule has 4 rings (SSSR count). The van der Waals surface area contributed by atoms with E-state index in [-0.39, 0.29) is 23.8 Å². The van der Waals surface area contributed by atoms with E-state index in [2.05, 4.69) is 34.0 Å². The first-order valence-electron chi connectivity index (χ1n) is 8.91. The molecule has 3 aromatic rings. The van der Waals surface area contributed by atoms with Crippen LogP contribution in [0.3, 0.4) is 0 Å². The van der Waals surface area contributed by atoms with Crippen molar-refractivity contribution in [3.8, 4) is 11.3 Å². The lowest BCUT2D eigenvalue weighted by Gasteiger charge is -2.36. The Morgan fingerprint density at radius 1 is 1.33 bits per heavy atom. The molecule has 0 radical (unpaired) electrons. The zero-order valence-corrected chi connectivity index (χ0v) is 16.0. The van der Waals surface area contributed by atoms with Crippen molar-refractivity contribution in [3.05, 3.63) is 54.0 Å². The number of carbonyl (C=O) groups is 1. The second kappa shape index (κ2) is 7.56. The first-order valence-corrected chi connectivity index (χ1v) is 10.2. The average molecular weight is 383 g/mol. The van der Waals surface area contributed by atoms with Gasteiger partial charge in [-0.3, -0.25) is 4.79 Å². The van der Waals surface area contributed by atoms with Crippen molar-refractivity contribution < 1.29 is 9.32 Å². The van der Waals surface area contributed by atoms with Crippen molar-refractivity contribution in [1.29, 1.82) is 0 Å². The number of aromatic nitrogens is 4. The highest BCUT2D eigenvalue weighted by Crippen LogP contribution is 2.36. The molecule has 0 bridgehead atoms. The van der Waals surface area contributed by atoms with E-state index >= 15 is 0 Å². The molecule has 1 unspecified atom stereocenters. The van der Waals surface area contributed by atoms with E-state index in [4.69, 9.17) is 4.52 Å². The van der Waals surface area contributed by atoms with E-state index in [0.29, 0.717) is 10.9 Å². The third-order valence-electron chi connectivity index (χ3n) is 4.97. The van der Waals surface area contributed by atoms with Crippen LogP contribution < -0.4 is 5.32 Å². The minimum atomic E-state index is -0.232. The lowest BCUT2D eigenvalue weighted by molar-refractivity contribution is 0.0849. The lowest BCUT2D eigenvalue weighted by Crippen LogP contribution is -2.45. The molecule has 140 valence electrons. The van der Waals surface area contributed by atoms with Gasteiger partial charge in [-0.25, -0.2) is 4.68 Å². The third-order valence-corrected chi connectivity index (χ3v) is 5.92. The molecule has 1 fully saturated rings. The fraction of sp³-hybridized carbons (Fsp3) is 0.368. The van der Waals surface area contributed by atoms with Crippen LogP contribution in [0.15, 0.2) is 47.1 Å². The van der Waals surface area contributed by atoms with Gasteiger partial charge in [0, 0.05) is 22.9 Å². The van der Waals surface area contributed by atoms with E-state index < -0.39 is 0 Å². The summed E-state index contributed by atoms with van der Waals surface area (Å²) in [5.41, 5.74) is 2.70. The maximum absolute atomic E-state index is 12.4. The molecule has 1 amide bonds. The average Bonchev–Trinajstić information content (AvgIpc) is 3.34. The van der Waals surface area contributed by atoms with E-state index in [1.54, 1.807) is 17.8 Å². The van der Waals surface area contributed by atoms with Gasteiger partial charge in [0.2, 0.25) is 5.76 Å². The maximum Gasteiger partial charge on any atom is 0.290 e. The minimum Gasteiger partial charge on any atom is -0.350 e. The smallest absolute Gasteiger partial charge is 0.290 e. The molecule has 1 aromatic carbocycles. The fourth-order valence-electron chi connectivity index (χ4n) is 3.24. The predicted octanol–water partition coefficient (Wildman–Crippen LogP) is 3.49. The van der Waals surface area contributed by atoms with Gasteiger partial charge in [-0.1, -0.05) is 40.7 Å². The summed E-state index contributed by atoms with van der Waals surface area (Å²) in [7, 11) is 0. The van der Waals surface area contributed by atoms with Crippen LogP contribution in [0, 0.1) is 0 Å². The van der Waals surface area contributed by atoms with E-state index in [1.165, 1.54) is 0 Å². The van der Waals surface area contributed by atoms with Crippen LogP contribution >= 0.6 is 11.8 Å². The molecular formula is C19H21N5O2S. The number of benzene rings is 1. The topological polar surface area (TPSA) is 85.8 Å². The molecule has 0 spiro atoms. The summed E-state index contributed by atoms with van der Waals surface area (Å²) in [4.78, 5) is 12.4. The molecule has 1 saturated carbocycles. The molecule has 0 aliphatic heterocycles. The lowest BCUT2D eigenvalue weighted by atomic mass is 9.86. The second-order valence-electron chi connectivity index (χ2n) is 6.72. The Kier molecular flexibility index (Phi) is 4.98. The van der Waals surface area contributed by atoms with Crippen molar-refractivity contribution in [3.63, 3.8) is 0 Å². The van der Waals surface area contributed by atoms with Crippen LogP contribution in [0.5, 0.6) is 0 Å². The first-order chi connectivity index (χ1) is 13.2. The van der Waals surface area contributed by atoms with Crippen LogP contribution in [0.1, 0.15) is 47.3 Å². The molecule has 2 aromatic heterocycles. The summed E-state index contributed by atoms with van der Waals surface area (Å²) in [6, 6.07) is 11.7. The highest BCUT2D eigenvalue weighted by atomic mass is 32.2. The number of hydrogen-bond acceptors (Lipinski definition) is 6. The molecule has 27 heavy (non-hydrogen) atoms. The fourth-order valence-corrected chi connectivity index (χ4v) is 3.65. The van der Waals surface area contributed by atoms with Crippen LogP contribution in [0.2, 0.25) is 0 Å². The third kappa shape index (κ3) is 3.62. The molecular weight excluding hydrogens is 362 g/mol. The number of nitrogens with zero attached hydrogens (tertiary/aromatic N) is 4. The van der Waals surface area contributed by atoms with Crippen LogP contribution in [0.4, 0.5) is 0 Å². The molecule has 1 aliphatic rings. The van der Waals surface area contributed by atoms with Gasteiger partial charge in [0.1, 0.15) is 5.69 Å². The Hall–Kier alpha value is -2.61. The number of amides is 1. The highest BCUT2D eigenvalue weighted by Gasteiger charge is 2.34. The summed E-state index contributed by atoms with van der Waals surface area (Å²) in [6.45, 7) is 2.14.